The van der Waals surface area contributed by atoms with Crippen molar-refractivity contribution in [2.45, 2.75) is 35.8 Å². The molecular formula is C26H16F13OP. The molecule has 1 nitrogen and oxygen atoms in total. The van der Waals surface area contributed by atoms with Gasteiger partial charge < -0.3 is 4.57 Å². The molecule has 41 heavy (non-hydrogen) atoms. The van der Waals surface area contributed by atoms with Gasteiger partial charge in [-0.3, -0.25) is 0 Å². The summed E-state index contributed by atoms with van der Waals surface area (Å²) in [5, 5.41) is 0.809. The van der Waals surface area contributed by atoms with Crippen molar-refractivity contribution in [3.63, 3.8) is 0 Å². The Labute approximate surface area is 223 Å². The summed E-state index contributed by atoms with van der Waals surface area (Å²) < 4.78 is 187. The third-order valence-corrected chi connectivity index (χ3v) is 9.02. The molecule has 0 saturated heterocycles. The van der Waals surface area contributed by atoms with Crippen molar-refractivity contribution in [3.8, 4) is 0 Å². The lowest BCUT2D eigenvalue weighted by atomic mass is 9.93. The molecule has 0 bridgehead atoms. The first-order chi connectivity index (χ1) is 18.6. The van der Waals surface area contributed by atoms with Gasteiger partial charge in [-0.2, -0.15) is 57.1 Å². The summed E-state index contributed by atoms with van der Waals surface area (Å²) in [6.07, 6.45) is -8.47. The standard InChI is InChI=1S/C26H16F13OP/c27-21(28,22(29,30)23(31,32)24(33,34)25(35,36)26(37,38)39)16-15-17-11-13-20(14-12-17)41(40,18-7-3-1-4-8-18)19-9-5-2-6-10-19/h1-16H. The second-order valence-corrected chi connectivity index (χ2v) is 11.4. The van der Waals surface area contributed by atoms with Crippen molar-refractivity contribution in [2.75, 3.05) is 0 Å². The summed E-state index contributed by atoms with van der Waals surface area (Å²) in [7, 11) is -3.58. The maximum absolute atomic E-state index is 14.2. The topological polar surface area (TPSA) is 17.1 Å². The zero-order valence-corrected chi connectivity index (χ0v) is 20.9. The minimum atomic E-state index is -7.96. The van der Waals surface area contributed by atoms with E-state index in [1.807, 2.05) is 0 Å². The fourth-order valence-electron chi connectivity index (χ4n) is 3.61. The molecule has 0 atom stereocenters. The van der Waals surface area contributed by atoms with Gasteiger partial charge in [0.2, 0.25) is 0 Å². The van der Waals surface area contributed by atoms with Gasteiger partial charge in [0.25, 0.3) is 0 Å². The fourth-order valence-corrected chi connectivity index (χ4v) is 6.25. The third-order valence-electron chi connectivity index (χ3n) is 5.94. The molecule has 0 radical (unpaired) electrons. The molecular weight excluding hydrogens is 606 g/mol. The summed E-state index contributed by atoms with van der Waals surface area (Å²) in [5.74, 6) is -37.4. The molecule has 0 saturated carbocycles. The molecule has 3 rings (SSSR count). The molecule has 0 aliphatic heterocycles. The van der Waals surface area contributed by atoms with Gasteiger partial charge in [0.15, 0.2) is 7.14 Å². The van der Waals surface area contributed by atoms with Gasteiger partial charge in [0.1, 0.15) is 0 Å². The van der Waals surface area contributed by atoms with Crippen molar-refractivity contribution in [2.24, 2.45) is 0 Å². The van der Waals surface area contributed by atoms with E-state index in [1.165, 1.54) is 0 Å². The average molecular weight is 622 g/mol. The zero-order chi connectivity index (χ0) is 31.1. The van der Waals surface area contributed by atoms with E-state index in [2.05, 4.69) is 0 Å². The highest BCUT2D eigenvalue weighted by Gasteiger charge is 2.90. The molecule has 222 valence electrons. The van der Waals surface area contributed by atoms with Gasteiger partial charge >= 0.3 is 35.8 Å². The van der Waals surface area contributed by atoms with Gasteiger partial charge in [0, 0.05) is 15.9 Å². The van der Waals surface area contributed by atoms with Crippen LogP contribution in [0.15, 0.2) is 91.0 Å². The lowest BCUT2D eigenvalue weighted by molar-refractivity contribution is -0.436. The van der Waals surface area contributed by atoms with Crippen molar-refractivity contribution in [3.05, 3.63) is 96.6 Å². The fraction of sp³-hybridized carbons (Fsp3) is 0.231. The van der Waals surface area contributed by atoms with Crippen molar-refractivity contribution >= 4 is 29.1 Å². The van der Waals surface area contributed by atoms with E-state index >= 15 is 0 Å². The van der Waals surface area contributed by atoms with Crippen LogP contribution in [0.1, 0.15) is 5.56 Å². The summed E-state index contributed by atoms with van der Waals surface area (Å²) in [6.45, 7) is 0. The smallest absolute Gasteiger partial charge is 0.309 e. The Morgan fingerprint density at radius 2 is 0.829 bits per heavy atom. The predicted molar refractivity (Wildman–Crippen MR) is 126 cm³/mol. The van der Waals surface area contributed by atoms with Crippen molar-refractivity contribution in [1.29, 1.82) is 0 Å². The molecule has 0 amide bonds. The first kappa shape index (κ1) is 32.2. The number of rotatable bonds is 9. The molecule has 0 unspecified atom stereocenters. The largest absolute Gasteiger partial charge is 0.460 e. The minimum Gasteiger partial charge on any atom is -0.309 e. The summed E-state index contributed by atoms with van der Waals surface area (Å²) >= 11 is 0. The van der Waals surface area contributed by atoms with Crippen molar-refractivity contribution < 1.29 is 61.6 Å². The van der Waals surface area contributed by atoms with Crippen LogP contribution >= 0.6 is 7.14 Å². The highest BCUT2D eigenvalue weighted by atomic mass is 31.2. The summed E-state index contributed by atoms with van der Waals surface area (Å²) in [4.78, 5) is 0. The van der Waals surface area contributed by atoms with Gasteiger partial charge in [-0.05, 0) is 11.6 Å². The van der Waals surface area contributed by atoms with Gasteiger partial charge in [-0.1, -0.05) is 91.0 Å². The Hall–Kier alpha value is -3.28. The number of hydrogen-bond donors (Lipinski definition) is 0. The number of alkyl halides is 13. The number of allylic oxidation sites excluding steroid dienone is 1. The molecule has 0 aliphatic rings. The minimum absolute atomic E-state index is 0.0315. The molecule has 15 heteroatoms. The SMILES string of the molecule is O=P(c1ccccc1)(c1ccccc1)c1ccc(C=CC(F)(F)C(F)(F)C(F)(F)C(F)(F)C(F)(F)C(F)(F)F)cc1. The highest BCUT2D eigenvalue weighted by Crippen LogP contribution is 2.60. The third kappa shape index (κ3) is 5.26. The van der Waals surface area contributed by atoms with E-state index < -0.39 is 54.6 Å². The zero-order valence-electron chi connectivity index (χ0n) is 20.0. The Balaban J connectivity index is 1.98. The normalized spacial score (nSPS) is 14.5. The molecule has 0 spiro atoms. The van der Waals surface area contributed by atoms with E-state index in [0.717, 1.165) is 24.3 Å². The van der Waals surface area contributed by atoms with Crippen LogP contribution in [0.3, 0.4) is 0 Å². The van der Waals surface area contributed by atoms with Crippen LogP contribution in [-0.2, 0) is 4.57 Å². The molecule has 3 aromatic rings. The average Bonchev–Trinajstić information content (AvgIpc) is 2.91. The van der Waals surface area contributed by atoms with E-state index in [4.69, 9.17) is 0 Å². The maximum Gasteiger partial charge on any atom is 0.460 e. The molecule has 3 aromatic carbocycles. The Morgan fingerprint density at radius 3 is 1.22 bits per heavy atom. The van der Waals surface area contributed by atoms with Gasteiger partial charge in [-0.15, -0.1) is 0 Å². The molecule has 0 aliphatic carbocycles. The maximum atomic E-state index is 14.2. The molecule has 0 N–H and O–H groups in total. The second kappa shape index (κ2) is 10.5. The second-order valence-electron chi connectivity index (χ2n) is 8.62. The summed E-state index contributed by atoms with van der Waals surface area (Å²) in [5.41, 5.74) is -0.451. The first-order valence-electron chi connectivity index (χ1n) is 11.1. The van der Waals surface area contributed by atoms with Crippen LogP contribution in [0.4, 0.5) is 57.1 Å². The monoisotopic (exact) mass is 622 g/mol. The van der Waals surface area contributed by atoms with E-state index in [-0.39, 0.29) is 11.4 Å². The summed E-state index contributed by atoms with van der Waals surface area (Å²) in [6, 6.07) is 20.0. The van der Waals surface area contributed by atoms with Crippen LogP contribution in [-0.4, -0.2) is 35.8 Å². The highest BCUT2D eigenvalue weighted by molar-refractivity contribution is 7.85. The van der Waals surface area contributed by atoms with E-state index in [1.54, 1.807) is 60.7 Å². The lowest BCUT2D eigenvalue weighted by Crippen LogP contribution is -2.69. The van der Waals surface area contributed by atoms with Gasteiger partial charge in [-0.25, -0.2) is 0 Å². The Bertz CT molecular complexity index is 1370. The molecule has 0 heterocycles. The van der Waals surface area contributed by atoms with Crippen LogP contribution in [0, 0.1) is 0 Å². The van der Waals surface area contributed by atoms with Crippen LogP contribution in [0.5, 0.6) is 0 Å². The quantitative estimate of drug-likeness (QED) is 0.174. The van der Waals surface area contributed by atoms with Crippen molar-refractivity contribution in [1.82, 2.24) is 0 Å². The molecule has 0 fully saturated rings. The van der Waals surface area contributed by atoms with E-state index in [0.29, 0.717) is 10.6 Å². The van der Waals surface area contributed by atoms with E-state index in [9.17, 15) is 61.6 Å². The number of benzene rings is 3. The predicted octanol–water partition coefficient (Wildman–Crippen LogP) is 8.08. The van der Waals surface area contributed by atoms with Crippen LogP contribution in [0.2, 0.25) is 0 Å². The number of halogens is 13. The molecule has 0 aromatic heterocycles. The van der Waals surface area contributed by atoms with Crippen LogP contribution < -0.4 is 15.9 Å². The van der Waals surface area contributed by atoms with Crippen LogP contribution in [0.25, 0.3) is 6.08 Å². The number of hydrogen-bond acceptors (Lipinski definition) is 1. The Morgan fingerprint density at radius 1 is 0.463 bits per heavy atom. The lowest BCUT2D eigenvalue weighted by Gasteiger charge is -2.39. The van der Waals surface area contributed by atoms with Gasteiger partial charge in [0.05, 0.1) is 0 Å². The first-order valence-corrected chi connectivity index (χ1v) is 12.8. The Kier molecular flexibility index (Phi) is 8.28.